The lowest BCUT2D eigenvalue weighted by molar-refractivity contribution is -0.140. The zero-order valence-electron chi connectivity index (χ0n) is 19.9. The summed E-state index contributed by atoms with van der Waals surface area (Å²) in [5.74, 6) is -3.15. The number of hydrogen-bond donors (Lipinski definition) is 2. The number of methoxy groups -OCH3 is 1. The summed E-state index contributed by atoms with van der Waals surface area (Å²) in [6.45, 7) is 1.27. The molecule has 0 unspecified atom stereocenters. The fraction of sp³-hybridized carbons (Fsp3) is 0.160. The topological polar surface area (TPSA) is 136 Å². The third-order valence-corrected chi connectivity index (χ3v) is 5.71. The van der Waals surface area contributed by atoms with Crippen molar-refractivity contribution in [2.24, 2.45) is 5.73 Å². The second kappa shape index (κ2) is 9.81. The van der Waals surface area contributed by atoms with E-state index in [9.17, 15) is 27.2 Å². The normalized spacial score (nSPS) is 11.3. The van der Waals surface area contributed by atoms with E-state index in [1.807, 2.05) is 6.07 Å². The molecule has 2 aromatic heterocycles. The van der Waals surface area contributed by atoms with Crippen LogP contribution in [0.25, 0.3) is 10.9 Å². The Morgan fingerprint density at radius 3 is 2.45 bits per heavy atom. The van der Waals surface area contributed by atoms with Crippen molar-refractivity contribution in [2.45, 2.75) is 19.6 Å². The molecule has 0 aliphatic heterocycles. The van der Waals surface area contributed by atoms with E-state index in [1.165, 1.54) is 26.2 Å². The minimum absolute atomic E-state index is 0.00727. The first-order valence-electron chi connectivity index (χ1n) is 10.9. The summed E-state index contributed by atoms with van der Waals surface area (Å²) in [5.41, 5.74) is 3.49. The molecule has 3 N–H and O–H groups in total. The maximum Gasteiger partial charge on any atom is 0.437 e. The Hall–Kier alpha value is -4.99. The van der Waals surface area contributed by atoms with Crippen LogP contribution in [0.4, 0.5) is 23.2 Å². The molecule has 9 nitrogen and oxygen atoms in total. The Morgan fingerprint density at radius 2 is 1.87 bits per heavy atom. The van der Waals surface area contributed by atoms with Crippen LogP contribution in [0.2, 0.25) is 0 Å². The van der Waals surface area contributed by atoms with Crippen molar-refractivity contribution in [1.29, 1.82) is 5.26 Å². The average molecular weight is 526 g/mol. The summed E-state index contributed by atoms with van der Waals surface area (Å²) < 4.78 is 62.0. The fourth-order valence-electron chi connectivity index (χ4n) is 3.78. The Kier molecular flexibility index (Phi) is 6.74. The molecule has 0 atom stereocenters. The molecule has 0 aliphatic rings. The van der Waals surface area contributed by atoms with Crippen molar-refractivity contribution in [2.75, 3.05) is 12.4 Å². The number of amides is 2. The summed E-state index contributed by atoms with van der Waals surface area (Å²) in [4.78, 5) is 29.0. The van der Waals surface area contributed by atoms with Gasteiger partial charge in [-0.3, -0.25) is 14.3 Å². The van der Waals surface area contributed by atoms with Crippen LogP contribution in [-0.4, -0.2) is 33.7 Å². The number of nitrogens with one attached hydrogen (secondary N) is 1. The van der Waals surface area contributed by atoms with E-state index in [1.54, 1.807) is 12.1 Å². The van der Waals surface area contributed by atoms with Crippen molar-refractivity contribution in [3.8, 4) is 11.8 Å². The number of nitrogens with two attached hydrogens (primary N) is 1. The lowest BCUT2D eigenvalue weighted by Crippen LogP contribution is -2.19. The first-order chi connectivity index (χ1) is 17.9. The number of halogens is 4. The van der Waals surface area contributed by atoms with E-state index in [0.717, 1.165) is 22.9 Å². The van der Waals surface area contributed by atoms with E-state index in [4.69, 9.17) is 15.7 Å². The monoisotopic (exact) mass is 526 g/mol. The number of anilines is 1. The lowest BCUT2D eigenvalue weighted by Gasteiger charge is -2.12. The molecular formula is C25H18F4N6O3. The van der Waals surface area contributed by atoms with Gasteiger partial charge in [0.1, 0.15) is 5.69 Å². The molecule has 38 heavy (non-hydrogen) atoms. The molecule has 0 bridgehead atoms. The molecule has 194 valence electrons. The number of benzene rings is 2. The third-order valence-electron chi connectivity index (χ3n) is 5.71. The van der Waals surface area contributed by atoms with Crippen molar-refractivity contribution in [3.05, 3.63) is 82.1 Å². The number of alkyl halides is 3. The van der Waals surface area contributed by atoms with Crippen LogP contribution in [0.1, 0.15) is 43.4 Å². The maximum atomic E-state index is 14.3. The zero-order valence-corrected chi connectivity index (χ0v) is 19.9. The van der Waals surface area contributed by atoms with Gasteiger partial charge < -0.3 is 15.8 Å². The lowest BCUT2D eigenvalue weighted by atomic mass is 10.1. The van der Waals surface area contributed by atoms with Crippen molar-refractivity contribution >= 4 is 28.4 Å². The van der Waals surface area contributed by atoms with Crippen LogP contribution in [0.5, 0.6) is 5.75 Å². The minimum atomic E-state index is -4.92. The van der Waals surface area contributed by atoms with Gasteiger partial charge in [0.05, 0.1) is 47.7 Å². The number of carbonyl (C=O) groups excluding carboxylic acids is 2. The van der Waals surface area contributed by atoms with E-state index < -0.39 is 40.9 Å². The number of rotatable bonds is 6. The smallest absolute Gasteiger partial charge is 0.437 e. The standard InChI is InChI=1S/C25H18F4N6O3/c1-12-21(22(25(27,28)29)34-35(12)11-14-5-3-13(10-30)4-6-14)33-24(37)16-7-19(23(31)36)32-18-9-17(26)20(38-2)8-15(16)18/h3-9H,11H2,1-2H3,(H2,31,36)(H,33,37). The highest BCUT2D eigenvalue weighted by Gasteiger charge is 2.39. The highest BCUT2D eigenvalue weighted by Crippen LogP contribution is 2.37. The molecule has 0 fully saturated rings. The molecule has 2 heterocycles. The first kappa shape index (κ1) is 26.1. The molecule has 0 saturated heterocycles. The van der Waals surface area contributed by atoms with Crippen LogP contribution in [0, 0.1) is 24.1 Å². The molecule has 0 radical (unpaired) electrons. The number of primary amides is 1. The van der Waals surface area contributed by atoms with E-state index in [0.29, 0.717) is 11.1 Å². The largest absolute Gasteiger partial charge is 0.494 e. The molecule has 0 spiro atoms. The van der Waals surface area contributed by atoms with Crippen molar-refractivity contribution < 1.29 is 31.9 Å². The van der Waals surface area contributed by atoms with Gasteiger partial charge in [0.25, 0.3) is 11.8 Å². The predicted molar refractivity (Wildman–Crippen MR) is 127 cm³/mol. The molecular weight excluding hydrogens is 508 g/mol. The van der Waals surface area contributed by atoms with Crippen molar-refractivity contribution in [1.82, 2.24) is 14.8 Å². The Balaban J connectivity index is 1.80. The summed E-state index contributed by atoms with van der Waals surface area (Å²) >= 11 is 0. The number of aromatic nitrogens is 3. The van der Waals surface area contributed by atoms with Gasteiger partial charge in [-0.25, -0.2) is 9.37 Å². The number of carbonyl (C=O) groups is 2. The second-order valence-corrected chi connectivity index (χ2v) is 8.15. The predicted octanol–water partition coefficient (Wildman–Crippen LogP) is 4.18. The number of nitrogens with zero attached hydrogens (tertiary/aromatic N) is 4. The summed E-state index contributed by atoms with van der Waals surface area (Å²) in [7, 11) is 1.19. The van der Waals surface area contributed by atoms with Gasteiger partial charge in [0.2, 0.25) is 0 Å². The van der Waals surface area contributed by atoms with Gasteiger partial charge in [0, 0.05) is 11.5 Å². The van der Waals surface area contributed by atoms with Crippen LogP contribution in [-0.2, 0) is 12.7 Å². The quantitative estimate of drug-likeness (QED) is 0.362. The molecule has 2 amide bonds. The van der Waals surface area contributed by atoms with Gasteiger partial charge in [-0.05, 0) is 36.8 Å². The van der Waals surface area contributed by atoms with E-state index >= 15 is 0 Å². The third kappa shape index (κ3) is 4.96. The van der Waals surface area contributed by atoms with Gasteiger partial charge in [-0.15, -0.1) is 0 Å². The molecule has 13 heteroatoms. The van der Waals surface area contributed by atoms with Crippen molar-refractivity contribution in [3.63, 3.8) is 0 Å². The van der Waals surface area contributed by atoms with Crippen LogP contribution < -0.4 is 15.8 Å². The van der Waals surface area contributed by atoms with E-state index in [2.05, 4.69) is 15.4 Å². The van der Waals surface area contributed by atoms with Gasteiger partial charge in [-0.2, -0.15) is 23.5 Å². The number of pyridine rings is 1. The second-order valence-electron chi connectivity index (χ2n) is 8.15. The SMILES string of the molecule is COc1cc2c(C(=O)Nc3c(C(F)(F)F)nn(Cc4ccc(C#N)cc4)c3C)cc(C(N)=O)nc2cc1F. The average Bonchev–Trinajstić information content (AvgIpc) is 3.18. The van der Waals surface area contributed by atoms with Gasteiger partial charge in [0.15, 0.2) is 17.3 Å². The van der Waals surface area contributed by atoms with Crippen LogP contribution in [0.3, 0.4) is 0 Å². The minimum Gasteiger partial charge on any atom is -0.494 e. The summed E-state index contributed by atoms with van der Waals surface area (Å²) in [6, 6.07) is 11.2. The first-order valence-corrected chi connectivity index (χ1v) is 10.9. The van der Waals surface area contributed by atoms with E-state index in [-0.39, 0.29) is 34.5 Å². The molecule has 0 saturated carbocycles. The summed E-state index contributed by atoms with van der Waals surface area (Å²) in [6.07, 6.45) is -4.92. The highest BCUT2D eigenvalue weighted by atomic mass is 19.4. The summed E-state index contributed by atoms with van der Waals surface area (Å²) in [5, 5.41) is 14.9. The van der Waals surface area contributed by atoms with Gasteiger partial charge >= 0.3 is 6.18 Å². The highest BCUT2D eigenvalue weighted by molar-refractivity contribution is 6.14. The number of fused-ring (bicyclic) bond motifs is 1. The van der Waals surface area contributed by atoms with Crippen LogP contribution in [0.15, 0.2) is 42.5 Å². The Bertz CT molecular complexity index is 1620. The number of nitriles is 1. The Labute approximate surface area is 212 Å². The van der Waals surface area contributed by atoms with Gasteiger partial charge in [-0.1, -0.05) is 12.1 Å². The maximum absolute atomic E-state index is 14.3. The molecule has 0 aliphatic carbocycles. The molecule has 4 rings (SSSR count). The number of hydrogen-bond acceptors (Lipinski definition) is 6. The van der Waals surface area contributed by atoms with Crippen LogP contribution >= 0.6 is 0 Å². The molecule has 4 aromatic rings. The number of ether oxygens (including phenoxy) is 1. The Morgan fingerprint density at radius 1 is 1.18 bits per heavy atom. The fourth-order valence-corrected chi connectivity index (χ4v) is 3.78. The zero-order chi connectivity index (χ0) is 27.8. The molecule has 2 aromatic carbocycles.